The summed E-state index contributed by atoms with van der Waals surface area (Å²) in [5.74, 6) is 0. The lowest BCUT2D eigenvalue weighted by Gasteiger charge is -2.08. The van der Waals surface area contributed by atoms with Crippen LogP contribution in [0.4, 0.5) is 5.69 Å². The van der Waals surface area contributed by atoms with Crippen LogP contribution < -0.4 is 11.0 Å². The maximum atomic E-state index is 11.7. The number of imidazole rings is 1. The fourth-order valence-electron chi connectivity index (χ4n) is 2.90. The molecular weight excluding hydrogens is 312 g/mol. The highest BCUT2D eigenvalue weighted by molar-refractivity contribution is 5.82. The van der Waals surface area contributed by atoms with Crippen molar-refractivity contribution in [1.29, 1.82) is 0 Å². The van der Waals surface area contributed by atoms with Crippen molar-refractivity contribution in [2.75, 3.05) is 5.32 Å². The van der Waals surface area contributed by atoms with Crippen LogP contribution in [0.2, 0.25) is 0 Å². The highest BCUT2D eigenvalue weighted by Crippen LogP contribution is 2.24. The van der Waals surface area contributed by atoms with Crippen LogP contribution in [0.25, 0.3) is 22.2 Å². The molecule has 0 aliphatic carbocycles. The van der Waals surface area contributed by atoms with Crippen LogP contribution in [0, 0.1) is 0 Å². The Morgan fingerprint density at radius 3 is 2.72 bits per heavy atom. The molecule has 2 aromatic carbocycles. The number of aromatic amines is 1. The van der Waals surface area contributed by atoms with Gasteiger partial charge in [-0.15, -0.1) is 0 Å². The van der Waals surface area contributed by atoms with Crippen LogP contribution in [0.5, 0.6) is 0 Å². The molecule has 0 fully saturated rings. The molecule has 124 valence electrons. The number of nitrogens with zero attached hydrogens (tertiary/aromatic N) is 2. The molecule has 2 aromatic heterocycles. The molecule has 0 aliphatic rings. The van der Waals surface area contributed by atoms with Gasteiger partial charge >= 0.3 is 5.69 Å². The van der Waals surface area contributed by atoms with E-state index in [0.29, 0.717) is 0 Å². The van der Waals surface area contributed by atoms with Gasteiger partial charge in [0.2, 0.25) is 0 Å². The smallest absolute Gasteiger partial charge is 0.326 e. The van der Waals surface area contributed by atoms with Crippen LogP contribution in [0.1, 0.15) is 5.56 Å². The van der Waals surface area contributed by atoms with Crippen molar-refractivity contribution in [3.63, 3.8) is 0 Å². The summed E-state index contributed by atoms with van der Waals surface area (Å²) in [4.78, 5) is 18.9. The summed E-state index contributed by atoms with van der Waals surface area (Å²) in [5, 5.41) is 3.40. The number of hydrogen-bond donors (Lipinski definition) is 2. The van der Waals surface area contributed by atoms with Crippen molar-refractivity contribution in [1.82, 2.24) is 14.5 Å². The second-order valence-electron chi connectivity index (χ2n) is 6.02. The Morgan fingerprint density at radius 2 is 1.88 bits per heavy atom. The Bertz CT molecular complexity index is 1080. The van der Waals surface area contributed by atoms with Crippen LogP contribution in [-0.2, 0) is 13.6 Å². The summed E-state index contributed by atoms with van der Waals surface area (Å²) in [6.45, 7) is 0.747. The van der Waals surface area contributed by atoms with Crippen molar-refractivity contribution >= 4 is 16.7 Å². The van der Waals surface area contributed by atoms with Crippen LogP contribution >= 0.6 is 0 Å². The number of H-pyrrole nitrogens is 1. The molecule has 0 saturated carbocycles. The summed E-state index contributed by atoms with van der Waals surface area (Å²) in [7, 11) is 1.76. The zero-order valence-corrected chi connectivity index (χ0v) is 13.9. The van der Waals surface area contributed by atoms with Crippen molar-refractivity contribution in [2.45, 2.75) is 6.54 Å². The average molecular weight is 330 g/mol. The van der Waals surface area contributed by atoms with Crippen molar-refractivity contribution in [2.24, 2.45) is 7.05 Å². The molecule has 0 saturated heterocycles. The standard InChI is InChI=1S/C20H18N4O/c1-24-19-10-15(7-8-18(19)23-20(24)25)16-9-17(13-21-12-16)22-11-14-5-3-2-4-6-14/h2-10,12-13,22H,11H2,1H3,(H,23,25). The van der Waals surface area contributed by atoms with Gasteiger partial charge in [0.25, 0.3) is 0 Å². The Balaban J connectivity index is 1.62. The van der Waals surface area contributed by atoms with E-state index in [4.69, 9.17) is 0 Å². The average Bonchev–Trinajstić information content (AvgIpc) is 2.95. The van der Waals surface area contributed by atoms with E-state index in [1.165, 1.54) is 5.56 Å². The number of fused-ring (bicyclic) bond motifs is 1. The van der Waals surface area contributed by atoms with Gasteiger partial charge in [0.05, 0.1) is 16.7 Å². The van der Waals surface area contributed by atoms with E-state index >= 15 is 0 Å². The van der Waals surface area contributed by atoms with E-state index < -0.39 is 0 Å². The Morgan fingerprint density at radius 1 is 1.04 bits per heavy atom. The monoisotopic (exact) mass is 330 g/mol. The van der Waals surface area contributed by atoms with Crippen molar-refractivity contribution in [3.05, 3.63) is 83.0 Å². The molecule has 25 heavy (non-hydrogen) atoms. The van der Waals surface area contributed by atoms with Gasteiger partial charge in [0.1, 0.15) is 0 Å². The molecule has 0 aliphatic heterocycles. The van der Waals surface area contributed by atoms with Gasteiger partial charge in [0.15, 0.2) is 0 Å². The van der Waals surface area contributed by atoms with Gasteiger partial charge in [0, 0.05) is 31.5 Å². The van der Waals surface area contributed by atoms with Gasteiger partial charge in [-0.2, -0.15) is 0 Å². The minimum Gasteiger partial charge on any atom is -0.380 e. The molecular formula is C20H18N4O. The number of nitrogens with one attached hydrogen (secondary N) is 2. The van der Waals surface area contributed by atoms with Crippen molar-refractivity contribution < 1.29 is 0 Å². The lowest BCUT2D eigenvalue weighted by molar-refractivity contribution is 0.892. The molecule has 0 bridgehead atoms. The predicted octanol–water partition coefficient (Wildman–Crippen LogP) is 3.54. The third kappa shape index (κ3) is 3.04. The normalized spacial score (nSPS) is 10.9. The fraction of sp³-hybridized carbons (Fsp3) is 0.100. The van der Waals surface area contributed by atoms with E-state index in [0.717, 1.165) is 34.4 Å². The number of pyridine rings is 1. The third-order valence-electron chi connectivity index (χ3n) is 4.32. The molecule has 2 N–H and O–H groups in total. The molecule has 4 rings (SSSR count). The second kappa shape index (κ2) is 6.28. The van der Waals surface area contributed by atoms with Crippen molar-refractivity contribution in [3.8, 4) is 11.1 Å². The SMILES string of the molecule is Cn1c(=O)[nH]c2ccc(-c3cncc(NCc4ccccc4)c3)cc21. The van der Waals surface area contributed by atoms with Gasteiger partial charge in [-0.1, -0.05) is 36.4 Å². The quantitative estimate of drug-likeness (QED) is 0.601. The number of benzene rings is 2. The van der Waals surface area contributed by atoms with E-state index in [1.54, 1.807) is 11.6 Å². The van der Waals surface area contributed by atoms with E-state index in [9.17, 15) is 4.79 Å². The number of rotatable bonds is 4. The number of anilines is 1. The van der Waals surface area contributed by atoms with E-state index in [-0.39, 0.29) is 5.69 Å². The first kappa shape index (κ1) is 15.2. The molecule has 0 radical (unpaired) electrons. The van der Waals surface area contributed by atoms with Gasteiger partial charge in [-0.3, -0.25) is 9.55 Å². The third-order valence-corrected chi connectivity index (χ3v) is 4.32. The maximum absolute atomic E-state index is 11.7. The largest absolute Gasteiger partial charge is 0.380 e. The fourth-order valence-corrected chi connectivity index (χ4v) is 2.90. The second-order valence-corrected chi connectivity index (χ2v) is 6.02. The summed E-state index contributed by atoms with van der Waals surface area (Å²) in [6.07, 6.45) is 3.65. The molecule has 5 heteroatoms. The first-order valence-electron chi connectivity index (χ1n) is 8.13. The molecule has 2 heterocycles. The highest BCUT2D eigenvalue weighted by atomic mass is 16.1. The molecule has 0 amide bonds. The van der Waals surface area contributed by atoms with Crippen LogP contribution in [0.3, 0.4) is 0 Å². The number of hydrogen-bond acceptors (Lipinski definition) is 3. The molecule has 0 spiro atoms. The Kier molecular flexibility index (Phi) is 3.82. The van der Waals surface area contributed by atoms with E-state index in [1.807, 2.05) is 48.8 Å². The molecule has 4 aromatic rings. The summed E-state index contributed by atoms with van der Waals surface area (Å²) in [5.41, 5.74) is 5.82. The Labute approximate surface area is 145 Å². The molecule has 5 nitrogen and oxygen atoms in total. The number of aryl methyl sites for hydroxylation is 1. The predicted molar refractivity (Wildman–Crippen MR) is 101 cm³/mol. The lowest BCUT2D eigenvalue weighted by atomic mass is 10.1. The van der Waals surface area contributed by atoms with Crippen LogP contribution in [0.15, 0.2) is 71.8 Å². The van der Waals surface area contributed by atoms with Gasteiger partial charge in [-0.05, 0) is 29.3 Å². The first-order valence-corrected chi connectivity index (χ1v) is 8.13. The van der Waals surface area contributed by atoms with E-state index in [2.05, 4.69) is 33.5 Å². The molecule has 0 atom stereocenters. The van der Waals surface area contributed by atoms with Gasteiger partial charge in [-0.25, -0.2) is 4.79 Å². The summed E-state index contributed by atoms with van der Waals surface area (Å²) < 4.78 is 1.61. The first-order chi connectivity index (χ1) is 12.2. The van der Waals surface area contributed by atoms with Crippen LogP contribution in [-0.4, -0.2) is 14.5 Å². The number of aromatic nitrogens is 3. The lowest BCUT2D eigenvalue weighted by Crippen LogP contribution is -2.11. The summed E-state index contributed by atoms with van der Waals surface area (Å²) >= 11 is 0. The zero-order chi connectivity index (χ0) is 17.2. The maximum Gasteiger partial charge on any atom is 0.326 e. The molecule has 0 unspecified atom stereocenters. The summed E-state index contributed by atoms with van der Waals surface area (Å²) in [6, 6.07) is 18.2. The van der Waals surface area contributed by atoms with Gasteiger partial charge < -0.3 is 10.3 Å². The highest BCUT2D eigenvalue weighted by Gasteiger charge is 2.06. The zero-order valence-electron chi connectivity index (χ0n) is 13.9. The topological polar surface area (TPSA) is 62.7 Å². The minimum atomic E-state index is -0.108. The minimum absolute atomic E-state index is 0.108. The Hall–Kier alpha value is -3.34.